The molecule has 0 amide bonds. The summed E-state index contributed by atoms with van der Waals surface area (Å²) in [6.07, 6.45) is -0.490. The minimum absolute atomic E-state index is 0.192. The van der Waals surface area contributed by atoms with Crippen molar-refractivity contribution in [1.29, 1.82) is 0 Å². The molecule has 0 aromatic carbocycles. The molecule has 0 radical (unpaired) electrons. The number of aliphatic hydroxyl groups is 1. The first kappa shape index (κ1) is 14.9. The Morgan fingerprint density at radius 3 is 2.44 bits per heavy atom. The van der Waals surface area contributed by atoms with E-state index in [1.165, 1.54) is 0 Å². The number of alkyl halides is 2. The molecule has 1 fully saturated rings. The summed E-state index contributed by atoms with van der Waals surface area (Å²) in [5.74, 6) is 0.740. The SMILES string of the molecule is CC1CC(O)N[P+](O)(N(CCCl)CCCl)O1. The molecule has 0 aliphatic carbocycles. The van der Waals surface area contributed by atoms with Gasteiger partial charge in [-0.25, -0.2) is 0 Å². The smallest absolute Gasteiger partial charge is 0.375 e. The van der Waals surface area contributed by atoms with E-state index >= 15 is 0 Å². The van der Waals surface area contributed by atoms with Crippen LogP contribution in [0.1, 0.15) is 13.3 Å². The largest absolute Gasteiger partial charge is 0.433 e. The molecule has 1 heterocycles. The molecule has 8 heteroatoms. The second-order valence-electron chi connectivity index (χ2n) is 3.67. The third kappa shape index (κ3) is 3.93. The standard InChI is InChI=1S/C8H18Cl2N2O3P/c1-7-6-8(13)11-16(14,15-7)12(4-2-9)5-3-10/h7-8,11,13-14H,2-6H2,1H3/q+1. The predicted octanol–water partition coefficient (Wildman–Crippen LogP) is 1.15. The van der Waals surface area contributed by atoms with Gasteiger partial charge >= 0.3 is 8.02 Å². The van der Waals surface area contributed by atoms with Crippen molar-refractivity contribution in [3.8, 4) is 0 Å². The molecule has 1 aliphatic heterocycles. The average Bonchev–Trinajstić information content (AvgIpc) is 2.15. The molecule has 3 N–H and O–H groups in total. The van der Waals surface area contributed by atoms with E-state index < -0.39 is 14.2 Å². The Labute approximate surface area is 106 Å². The monoisotopic (exact) mass is 291 g/mol. The molecule has 5 nitrogen and oxygen atoms in total. The van der Waals surface area contributed by atoms with E-state index in [9.17, 15) is 10.00 Å². The minimum Gasteiger partial charge on any atom is -0.375 e. The van der Waals surface area contributed by atoms with Crippen molar-refractivity contribution in [3.63, 3.8) is 0 Å². The zero-order valence-corrected chi connectivity index (χ0v) is 11.5. The first-order chi connectivity index (χ1) is 7.51. The number of nitrogens with zero attached hydrogens (tertiary/aromatic N) is 1. The Morgan fingerprint density at radius 2 is 2.00 bits per heavy atom. The Balaban J connectivity index is 2.70. The van der Waals surface area contributed by atoms with E-state index in [-0.39, 0.29) is 6.10 Å². The average molecular weight is 292 g/mol. The van der Waals surface area contributed by atoms with Gasteiger partial charge in [0.05, 0.1) is 13.1 Å². The third-order valence-corrected chi connectivity index (χ3v) is 5.06. The summed E-state index contributed by atoms with van der Waals surface area (Å²) in [5.41, 5.74) is 0. The molecule has 1 rings (SSSR count). The van der Waals surface area contributed by atoms with Crippen LogP contribution in [0.4, 0.5) is 0 Å². The fourth-order valence-corrected chi connectivity index (χ4v) is 4.44. The van der Waals surface area contributed by atoms with Crippen LogP contribution in [0.25, 0.3) is 0 Å². The first-order valence-corrected chi connectivity index (χ1v) is 7.83. The summed E-state index contributed by atoms with van der Waals surface area (Å²) < 4.78 is 7.19. The van der Waals surface area contributed by atoms with Gasteiger partial charge in [-0.1, -0.05) is 5.09 Å². The van der Waals surface area contributed by atoms with Gasteiger partial charge in [-0.3, -0.25) is 0 Å². The normalized spacial score (nSPS) is 35.6. The maximum absolute atomic E-state index is 10.4. The molecule has 96 valence electrons. The number of nitrogens with one attached hydrogen (secondary N) is 1. The summed E-state index contributed by atoms with van der Waals surface area (Å²) >= 11 is 11.3. The van der Waals surface area contributed by atoms with Crippen LogP contribution in [0.5, 0.6) is 0 Å². The highest BCUT2D eigenvalue weighted by atomic mass is 35.5. The van der Waals surface area contributed by atoms with E-state index in [2.05, 4.69) is 5.09 Å². The van der Waals surface area contributed by atoms with Crippen LogP contribution in [-0.2, 0) is 4.52 Å². The molecule has 0 bridgehead atoms. The zero-order chi connectivity index (χ0) is 12.2. The summed E-state index contributed by atoms with van der Waals surface area (Å²) in [4.78, 5) is 10.4. The van der Waals surface area contributed by atoms with E-state index in [1.54, 1.807) is 4.67 Å². The van der Waals surface area contributed by atoms with Crippen LogP contribution < -0.4 is 5.09 Å². The first-order valence-electron chi connectivity index (χ1n) is 5.15. The van der Waals surface area contributed by atoms with Crippen LogP contribution in [0, 0.1) is 0 Å². The second-order valence-corrected chi connectivity index (χ2v) is 6.55. The van der Waals surface area contributed by atoms with Gasteiger partial charge in [0.25, 0.3) is 0 Å². The van der Waals surface area contributed by atoms with Gasteiger partial charge in [-0.15, -0.1) is 27.9 Å². The molecule has 0 aromatic rings. The van der Waals surface area contributed by atoms with Crippen LogP contribution in [0.3, 0.4) is 0 Å². The molecule has 1 saturated heterocycles. The van der Waals surface area contributed by atoms with Gasteiger partial charge in [-0.2, -0.15) is 9.42 Å². The Hall–Kier alpha value is 0.810. The van der Waals surface area contributed by atoms with Crippen LogP contribution in [-0.4, -0.2) is 51.9 Å². The lowest BCUT2D eigenvalue weighted by atomic mass is 10.3. The third-order valence-electron chi connectivity index (χ3n) is 2.27. The molecule has 0 spiro atoms. The lowest BCUT2D eigenvalue weighted by Crippen LogP contribution is -2.46. The van der Waals surface area contributed by atoms with Gasteiger partial charge in [0, 0.05) is 18.2 Å². The van der Waals surface area contributed by atoms with Crippen LogP contribution in [0.15, 0.2) is 0 Å². The highest BCUT2D eigenvalue weighted by molar-refractivity contribution is 7.61. The Bertz CT molecular complexity index is 209. The fraction of sp³-hybridized carbons (Fsp3) is 1.00. The number of rotatable bonds is 5. The lowest BCUT2D eigenvalue weighted by molar-refractivity contribution is 0.0400. The van der Waals surface area contributed by atoms with Gasteiger partial charge in [0.2, 0.25) is 0 Å². The van der Waals surface area contributed by atoms with Crippen LogP contribution >= 0.6 is 31.2 Å². The van der Waals surface area contributed by atoms with Crippen molar-refractivity contribution in [2.45, 2.75) is 25.7 Å². The number of halogens is 2. The molecule has 3 unspecified atom stereocenters. The number of hydrogen-bond acceptors (Lipinski definition) is 5. The summed E-state index contributed by atoms with van der Waals surface area (Å²) in [6, 6.07) is 0. The zero-order valence-electron chi connectivity index (χ0n) is 9.14. The second kappa shape index (κ2) is 6.66. The molecule has 16 heavy (non-hydrogen) atoms. The Kier molecular flexibility index (Phi) is 6.19. The summed E-state index contributed by atoms with van der Waals surface area (Å²) in [5, 5.41) is 12.3. The molecular weight excluding hydrogens is 274 g/mol. The van der Waals surface area contributed by atoms with E-state index in [1.807, 2.05) is 6.92 Å². The van der Waals surface area contributed by atoms with Gasteiger partial charge in [-0.05, 0) is 6.92 Å². The van der Waals surface area contributed by atoms with Crippen molar-refractivity contribution < 1.29 is 14.5 Å². The van der Waals surface area contributed by atoms with E-state index in [4.69, 9.17) is 27.7 Å². The maximum Gasteiger partial charge on any atom is 0.433 e. The maximum atomic E-state index is 10.4. The van der Waals surface area contributed by atoms with Crippen molar-refractivity contribution in [1.82, 2.24) is 9.76 Å². The highest BCUT2D eigenvalue weighted by Gasteiger charge is 2.52. The van der Waals surface area contributed by atoms with E-state index in [0.717, 1.165) is 0 Å². The van der Waals surface area contributed by atoms with Crippen molar-refractivity contribution >= 4 is 31.2 Å². The van der Waals surface area contributed by atoms with Crippen molar-refractivity contribution in [2.24, 2.45) is 0 Å². The quantitative estimate of drug-likeness (QED) is 0.524. The molecular formula is C8H18Cl2N2O3P+. The number of hydrogen-bond donors (Lipinski definition) is 3. The Morgan fingerprint density at radius 1 is 1.44 bits per heavy atom. The topological polar surface area (TPSA) is 65.0 Å². The fourth-order valence-electron chi connectivity index (χ4n) is 1.61. The molecule has 3 atom stereocenters. The predicted molar refractivity (Wildman–Crippen MR) is 66.5 cm³/mol. The molecule has 1 aliphatic rings. The summed E-state index contributed by atoms with van der Waals surface area (Å²) in [7, 11) is -2.95. The minimum atomic E-state index is -2.95. The van der Waals surface area contributed by atoms with Gasteiger partial charge < -0.3 is 5.11 Å². The van der Waals surface area contributed by atoms with E-state index in [0.29, 0.717) is 31.3 Å². The molecule has 0 saturated carbocycles. The molecule has 0 aromatic heterocycles. The van der Waals surface area contributed by atoms with Gasteiger partial charge in [0.15, 0.2) is 0 Å². The van der Waals surface area contributed by atoms with Gasteiger partial charge in [0.1, 0.15) is 12.3 Å². The van der Waals surface area contributed by atoms with Crippen LogP contribution in [0.2, 0.25) is 0 Å². The van der Waals surface area contributed by atoms with Crippen molar-refractivity contribution in [2.75, 3.05) is 24.8 Å². The highest BCUT2D eigenvalue weighted by Crippen LogP contribution is 2.58. The van der Waals surface area contributed by atoms with Crippen molar-refractivity contribution in [3.05, 3.63) is 0 Å². The summed E-state index contributed by atoms with van der Waals surface area (Å²) in [6.45, 7) is 2.74. The number of aliphatic hydroxyl groups excluding tert-OH is 1. The lowest BCUT2D eigenvalue weighted by Gasteiger charge is -2.35.